The van der Waals surface area contributed by atoms with Gasteiger partial charge in [-0.1, -0.05) is 24.8 Å². The van der Waals surface area contributed by atoms with Crippen LogP contribution in [-0.4, -0.2) is 45.9 Å². The van der Waals surface area contributed by atoms with Gasteiger partial charge in [-0.3, -0.25) is 4.79 Å². The zero-order valence-electron chi connectivity index (χ0n) is 17.2. The predicted octanol–water partition coefficient (Wildman–Crippen LogP) is 3.21. The zero-order valence-corrected chi connectivity index (χ0v) is 18.0. The highest BCUT2D eigenvalue weighted by Crippen LogP contribution is 2.34. The first-order chi connectivity index (χ1) is 14.4. The highest BCUT2D eigenvalue weighted by atomic mass is 32.2. The fraction of sp³-hybridized carbons (Fsp3) is 0.318. The molecular weight excluding hydrogens is 404 g/mol. The highest BCUT2D eigenvalue weighted by molar-refractivity contribution is 7.89. The number of sulfonamides is 1. The van der Waals surface area contributed by atoms with Gasteiger partial charge in [-0.2, -0.15) is 4.31 Å². The van der Waals surface area contributed by atoms with E-state index in [1.54, 1.807) is 29.2 Å². The molecule has 0 unspecified atom stereocenters. The van der Waals surface area contributed by atoms with E-state index in [1.807, 2.05) is 12.1 Å². The van der Waals surface area contributed by atoms with Gasteiger partial charge in [-0.15, -0.1) is 0 Å². The molecule has 7 nitrogen and oxygen atoms in total. The van der Waals surface area contributed by atoms with Crippen LogP contribution in [0.4, 0.5) is 5.69 Å². The van der Waals surface area contributed by atoms with Crippen molar-refractivity contribution < 1.29 is 22.7 Å². The molecule has 1 heterocycles. The normalized spacial score (nSPS) is 14.2. The summed E-state index contributed by atoms with van der Waals surface area (Å²) in [5.41, 5.74) is 1.31. The van der Waals surface area contributed by atoms with Crippen LogP contribution < -0.4 is 14.4 Å². The maximum Gasteiger partial charge on any atom is 0.243 e. The fourth-order valence-electron chi connectivity index (χ4n) is 3.31. The van der Waals surface area contributed by atoms with Crippen molar-refractivity contribution in [3.63, 3.8) is 0 Å². The Morgan fingerprint density at radius 3 is 2.53 bits per heavy atom. The molecule has 0 aliphatic carbocycles. The summed E-state index contributed by atoms with van der Waals surface area (Å²) in [5.74, 6) is 1.14. The summed E-state index contributed by atoms with van der Waals surface area (Å²) in [6.07, 6.45) is 2.85. The van der Waals surface area contributed by atoms with Gasteiger partial charge < -0.3 is 14.4 Å². The summed E-state index contributed by atoms with van der Waals surface area (Å²) < 4.78 is 38.4. The molecule has 0 bridgehead atoms. The second-order valence-corrected chi connectivity index (χ2v) is 9.03. The minimum Gasteiger partial charge on any atom is -0.495 e. The molecule has 0 radical (unpaired) electrons. The lowest BCUT2D eigenvalue weighted by atomic mass is 10.2. The Morgan fingerprint density at radius 1 is 1.20 bits per heavy atom. The SMILES string of the molecule is C=CCOc1ccc(CN(C)S(=O)(=O)c2ccc(OC)c(N3CCCC3=O)c2)cc1. The molecule has 0 atom stereocenters. The van der Waals surface area contributed by atoms with Crippen LogP contribution in [-0.2, 0) is 21.4 Å². The molecule has 1 saturated heterocycles. The number of benzene rings is 2. The summed E-state index contributed by atoms with van der Waals surface area (Å²) >= 11 is 0. The molecule has 0 saturated carbocycles. The zero-order chi connectivity index (χ0) is 21.7. The molecule has 1 fully saturated rings. The Morgan fingerprint density at radius 2 is 1.93 bits per heavy atom. The lowest BCUT2D eigenvalue weighted by Gasteiger charge is -2.22. The first kappa shape index (κ1) is 21.9. The quantitative estimate of drug-likeness (QED) is 0.571. The van der Waals surface area contributed by atoms with Gasteiger partial charge in [-0.05, 0) is 42.3 Å². The number of carbonyl (C=O) groups is 1. The van der Waals surface area contributed by atoms with Crippen molar-refractivity contribution in [2.75, 3.05) is 32.2 Å². The molecule has 3 rings (SSSR count). The van der Waals surface area contributed by atoms with Gasteiger partial charge in [0, 0.05) is 26.6 Å². The highest BCUT2D eigenvalue weighted by Gasteiger charge is 2.28. The van der Waals surface area contributed by atoms with Gasteiger partial charge >= 0.3 is 0 Å². The van der Waals surface area contributed by atoms with Gasteiger partial charge in [0.25, 0.3) is 0 Å². The summed E-state index contributed by atoms with van der Waals surface area (Å²) in [7, 11) is -0.728. The van der Waals surface area contributed by atoms with Crippen LogP contribution in [0.25, 0.3) is 0 Å². The minimum atomic E-state index is -3.76. The van der Waals surface area contributed by atoms with Gasteiger partial charge in [0.2, 0.25) is 15.9 Å². The fourth-order valence-corrected chi connectivity index (χ4v) is 4.49. The smallest absolute Gasteiger partial charge is 0.243 e. The summed E-state index contributed by atoms with van der Waals surface area (Å²) in [4.78, 5) is 13.9. The number of hydrogen-bond donors (Lipinski definition) is 0. The monoisotopic (exact) mass is 430 g/mol. The predicted molar refractivity (Wildman–Crippen MR) is 115 cm³/mol. The Hall–Kier alpha value is -2.84. The Kier molecular flexibility index (Phi) is 6.79. The molecule has 2 aromatic rings. The Labute approximate surface area is 177 Å². The topological polar surface area (TPSA) is 76.2 Å². The van der Waals surface area contributed by atoms with E-state index < -0.39 is 10.0 Å². The minimum absolute atomic E-state index is 0.0324. The Balaban J connectivity index is 1.82. The molecule has 30 heavy (non-hydrogen) atoms. The van der Waals surface area contributed by atoms with Crippen molar-refractivity contribution in [3.8, 4) is 11.5 Å². The van der Waals surface area contributed by atoms with E-state index in [-0.39, 0.29) is 17.3 Å². The molecule has 1 amide bonds. The van der Waals surface area contributed by atoms with Gasteiger partial charge in [0.1, 0.15) is 18.1 Å². The number of ether oxygens (including phenoxy) is 2. The van der Waals surface area contributed by atoms with Crippen molar-refractivity contribution in [1.29, 1.82) is 0 Å². The number of amides is 1. The lowest BCUT2D eigenvalue weighted by molar-refractivity contribution is -0.117. The number of rotatable bonds is 9. The third-order valence-corrected chi connectivity index (χ3v) is 6.72. The van der Waals surface area contributed by atoms with Crippen molar-refractivity contribution in [2.45, 2.75) is 24.3 Å². The van der Waals surface area contributed by atoms with Gasteiger partial charge in [-0.25, -0.2) is 8.42 Å². The molecule has 1 aliphatic heterocycles. The van der Waals surface area contributed by atoms with Crippen LogP contribution in [0.5, 0.6) is 11.5 Å². The number of hydrogen-bond acceptors (Lipinski definition) is 5. The number of methoxy groups -OCH3 is 1. The van der Waals surface area contributed by atoms with E-state index in [0.29, 0.717) is 36.8 Å². The second-order valence-electron chi connectivity index (χ2n) is 6.99. The summed E-state index contributed by atoms with van der Waals surface area (Å²) in [6, 6.07) is 11.8. The number of anilines is 1. The van der Waals surface area contributed by atoms with Crippen molar-refractivity contribution in [2.24, 2.45) is 0 Å². The molecule has 160 valence electrons. The van der Waals surface area contributed by atoms with Crippen molar-refractivity contribution in [3.05, 3.63) is 60.7 Å². The van der Waals surface area contributed by atoms with E-state index in [4.69, 9.17) is 9.47 Å². The molecule has 2 aromatic carbocycles. The lowest BCUT2D eigenvalue weighted by Crippen LogP contribution is -2.28. The molecule has 8 heteroatoms. The third kappa shape index (κ3) is 4.66. The van der Waals surface area contributed by atoms with E-state index in [1.165, 1.54) is 30.6 Å². The molecule has 1 aliphatic rings. The van der Waals surface area contributed by atoms with Gasteiger partial charge in [0.15, 0.2) is 0 Å². The van der Waals surface area contributed by atoms with E-state index >= 15 is 0 Å². The van der Waals surface area contributed by atoms with Crippen LogP contribution >= 0.6 is 0 Å². The summed E-state index contributed by atoms with van der Waals surface area (Å²) in [5, 5.41) is 0. The van der Waals surface area contributed by atoms with Crippen LogP contribution in [0.2, 0.25) is 0 Å². The Bertz CT molecular complexity index is 1020. The van der Waals surface area contributed by atoms with Crippen LogP contribution in [0.3, 0.4) is 0 Å². The van der Waals surface area contributed by atoms with E-state index in [9.17, 15) is 13.2 Å². The molecule has 0 spiro atoms. The van der Waals surface area contributed by atoms with Crippen LogP contribution in [0.15, 0.2) is 60.0 Å². The largest absolute Gasteiger partial charge is 0.495 e. The number of nitrogens with zero attached hydrogens (tertiary/aromatic N) is 2. The summed E-state index contributed by atoms with van der Waals surface area (Å²) in [6.45, 7) is 4.77. The van der Waals surface area contributed by atoms with Crippen LogP contribution in [0, 0.1) is 0 Å². The van der Waals surface area contributed by atoms with Crippen LogP contribution in [0.1, 0.15) is 18.4 Å². The van der Waals surface area contributed by atoms with Crippen molar-refractivity contribution >= 4 is 21.6 Å². The average molecular weight is 431 g/mol. The molecule has 0 aromatic heterocycles. The second kappa shape index (κ2) is 9.32. The first-order valence-electron chi connectivity index (χ1n) is 9.64. The maximum absolute atomic E-state index is 13.1. The molecular formula is C22H26N2O5S. The number of carbonyl (C=O) groups excluding carboxylic acids is 1. The maximum atomic E-state index is 13.1. The average Bonchev–Trinajstić information content (AvgIpc) is 3.18. The molecule has 0 N–H and O–H groups in total. The van der Waals surface area contributed by atoms with Crippen molar-refractivity contribution in [1.82, 2.24) is 4.31 Å². The van der Waals surface area contributed by atoms with E-state index in [0.717, 1.165) is 12.0 Å². The standard InChI is InChI=1S/C22H26N2O5S/c1-4-14-29-18-9-7-17(8-10-18)16-23(2)30(26,27)19-11-12-21(28-3)20(15-19)24-13-5-6-22(24)25/h4,7-12,15H,1,5-6,13-14,16H2,2-3H3. The third-order valence-electron chi connectivity index (χ3n) is 4.92. The van der Waals surface area contributed by atoms with Gasteiger partial charge in [0.05, 0.1) is 17.7 Å². The first-order valence-corrected chi connectivity index (χ1v) is 11.1. The van der Waals surface area contributed by atoms with E-state index in [2.05, 4.69) is 6.58 Å².